The number of carbonyl (C=O) groups is 1. The molecule has 5 nitrogen and oxygen atoms in total. The van der Waals surface area contributed by atoms with Crippen LogP contribution in [0.15, 0.2) is 30.3 Å². The van der Waals surface area contributed by atoms with Crippen molar-refractivity contribution < 1.29 is 23.4 Å². The van der Waals surface area contributed by atoms with Gasteiger partial charge in [0.1, 0.15) is 11.7 Å². The first kappa shape index (κ1) is 22.6. The molecule has 1 aromatic rings. The fraction of sp³-hybridized carbons (Fsp3) is 0.696. The van der Waals surface area contributed by atoms with Crippen molar-refractivity contribution in [3.8, 4) is 0 Å². The zero-order valence-corrected chi connectivity index (χ0v) is 19.7. The van der Waals surface area contributed by atoms with Gasteiger partial charge in [-0.15, -0.1) is 0 Å². The van der Waals surface area contributed by atoms with E-state index >= 15 is 0 Å². The van der Waals surface area contributed by atoms with E-state index in [1.54, 1.807) is 0 Å². The van der Waals surface area contributed by atoms with Gasteiger partial charge < -0.3 is 18.6 Å². The van der Waals surface area contributed by atoms with Crippen LogP contribution in [-0.2, 0) is 23.4 Å². The van der Waals surface area contributed by atoms with Gasteiger partial charge in [0.05, 0.1) is 12.7 Å². The molecule has 0 saturated carbocycles. The van der Waals surface area contributed by atoms with Crippen LogP contribution in [0.5, 0.6) is 0 Å². The molecule has 4 atom stereocenters. The number of carbonyl (C=O) groups excluding carboxylic acids is 1. The molecule has 0 bridgehead atoms. The highest BCUT2D eigenvalue weighted by atomic mass is 28.4. The van der Waals surface area contributed by atoms with E-state index in [0.29, 0.717) is 32.5 Å². The standard InChI is InChI=1S/C23H36O5Si/c1-22(2,3)29(5,6)26-15-14-19-18(24)12-13-20-23(4,28-19)16-25-21(27-20)17-10-8-7-9-11-17/h7-11,19-21H,12-16H2,1-6H3/t19-,20+,21-,23-/m0/s1. The van der Waals surface area contributed by atoms with Crippen molar-refractivity contribution in [1.82, 2.24) is 0 Å². The maximum Gasteiger partial charge on any atom is 0.191 e. The SMILES string of the molecule is CC(C)(C)[Si](C)(C)OCC[C@@H]1O[C@@]2(C)CO[C@H](c3ccccc3)O[C@@H]2CCC1=O. The Morgan fingerprint density at radius 1 is 1.21 bits per heavy atom. The number of fused-ring (bicyclic) bond motifs is 1. The van der Waals surface area contributed by atoms with Crippen LogP contribution in [0.2, 0.25) is 18.1 Å². The molecule has 2 aliphatic heterocycles. The van der Waals surface area contributed by atoms with E-state index in [9.17, 15) is 4.79 Å². The van der Waals surface area contributed by atoms with Crippen molar-refractivity contribution >= 4 is 14.1 Å². The van der Waals surface area contributed by atoms with E-state index in [4.69, 9.17) is 18.6 Å². The monoisotopic (exact) mass is 420 g/mol. The summed E-state index contributed by atoms with van der Waals surface area (Å²) in [6.45, 7) is 14.1. The molecule has 2 heterocycles. The van der Waals surface area contributed by atoms with E-state index in [1.807, 2.05) is 37.3 Å². The highest BCUT2D eigenvalue weighted by molar-refractivity contribution is 6.74. The Morgan fingerprint density at radius 2 is 1.90 bits per heavy atom. The summed E-state index contributed by atoms with van der Waals surface area (Å²) >= 11 is 0. The van der Waals surface area contributed by atoms with Crippen molar-refractivity contribution in [1.29, 1.82) is 0 Å². The van der Waals surface area contributed by atoms with Gasteiger partial charge >= 0.3 is 0 Å². The molecule has 0 unspecified atom stereocenters. The zero-order chi connectivity index (χ0) is 21.3. The molecule has 3 rings (SSSR count). The third kappa shape index (κ3) is 5.17. The largest absolute Gasteiger partial charge is 0.417 e. The molecule has 29 heavy (non-hydrogen) atoms. The first-order chi connectivity index (χ1) is 13.5. The molecule has 1 aromatic carbocycles. The van der Waals surface area contributed by atoms with Crippen molar-refractivity contribution in [3.05, 3.63) is 35.9 Å². The van der Waals surface area contributed by atoms with Gasteiger partial charge in [-0.1, -0.05) is 51.1 Å². The Morgan fingerprint density at radius 3 is 2.55 bits per heavy atom. The van der Waals surface area contributed by atoms with Crippen LogP contribution in [0.1, 0.15) is 58.8 Å². The quantitative estimate of drug-likeness (QED) is 0.626. The minimum absolute atomic E-state index is 0.138. The Labute approximate surface area is 176 Å². The summed E-state index contributed by atoms with van der Waals surface area (Å²) in [5.41, 5.74) is 0.364. The summed E-state index contributed by atoms with van der Waals surface area (Å²) in [5, 5.41) is 0.149. The second kappa shape index (κ2) is 8.59. The summed E-state index contributed by atoms with van der Waals surface area (Å²) in [6, 6.07) is 9.91. The highest BCUT2D eigenvalue weighted by Gasteiger charge is 2.48. The lowest BCUT2D eigenvalue weighted by molar-refractivity contribution is -0.303. The number of hydrogen-bond donors (Lipinski definition) is 0. The van der Waals surface area contributed by atoms with Crippen LogP contribution in [0, 0.1) is 0 Å². The van der Waals surface area contributed by atoms with Gasteiger partial charge in [-0.3, -0.25) is 4.79 Å². The lowest BCUT2D eigenvalue weighted by atomic mass is 9.95. The van der Waals surface area contributed by atoms with Crippen LogP contribution < -0.4 is 0 Å². The van der Waals surface area contributed by atoms with Crippen molar-refractivity contribution in [2.24, 2.45) is 0 Å². The van der Waals surface area contributed by atoms with Crippen LogP contribution in [0.25, 0.3) is 0 Å². The van der Waals surface area contributed by atoms with Gasteiger partial charge in [-0.2, -0.15) is 0 Å². The van der Waals surface area contributed by atoms with Crippen molar-refractivity contribution in [2.75, 3.05) is 13.2 Å². The molecule has 162 valence electrons. The third-order valence-electron chi connectivity index (χ3n) is 6.63. The van der Waals surface area contributed by atoms with Gasteiger partial charge in [-0.05, 0) is 31.5 Å². The van der Waals surface area contributed by atoms with Gasteiger partial charge in [-0.25, -0.2) is 0 Å². The Hall–Kier alpha value is -1.05. The summed E-state index contributed by atoms with van der Waals surface area (Å²) in [4.78, 5) is 12.7. The van der Waals surface area contributed by atoms with Gasteiger partial charge in [0.25, 0.3) is 0 Å². The lowest BCUT2D eigenvalue weighted by Crippen LogP contribution is -2.53. The third-order valence-corrected chi connectivity index (χ3v) is 11.2. The zero-order valence-electron chi connectivity index (χ0n) is 18.7. The highest BCUT2D eigenvalue weighted by Crippen LogP contribution is 2.39. The Bertz CT molecular complexity index is 699. The van der Waals surface area contributed by atoms with Crippen molar-refractivity contribution in [2.45, 2.75) is 89.2 Å². The molecule has 0 aliphatic carbocycles. The number of rotatable bonds is 5. The number of benzene rings is 1. The molecule has 0 aromatic heterocycles. The average Bonchev–Trinajstić information content (AvgIpc) is 2.77. The summed E-state index contributed by atoms with van der Waals surface area (Å²) in [6.07, 6.45) is 0.655. The predicted octanol–water partition coefficient (Wildman–Crippen LogP) is 5.02. The molecule has 6 heteroatoms. The second-order valence-corrected chi connectivity index (χ2v) is 14.8. The number of ether oxygens (including phenoxy) is 3. The van der Waals surface area contributed by atoms with Crippen LogP contribution in [0.4, 0.5) is 0 Å². The molecule has 2 saturated heterocycles. The number of ketones is 1. The molecular weight excluding hydrogens is 384 g/mol. The molecular formula is C23H36O5Si. The molecule has 2 aliphatic rings. The first-order valence-corrected chi connectivity index (χ1v) is 13.6. The smallest absolute Gasteiger partial charge is 0.191 e. The van der Waals surface area contributed by atoms with E-state index in [2.05, 4.69) is 33.9 Å². The minimum Gasteiger partial charge on any atom is -0.417 e. The second-order valence-electron chi connectivity index (χ2n) is 10.00. The topological polar surface area (TPSA) is 54.0 Å². The van der Waals surface area contributed by atoms with Crippen LogP contribution in [-0.4, -0.2) is 45.1 Å². The molecule has 0 amide bonds. The lowest BCUT2D eigenvalue weighted by Gasteiger charge is -2.44. The van der Waals surface area contributed by atoms with Gasteiger partial charge in [0.2, 0.25) is 0 Å². The van der Waals surface area contributed by atoms with E-state index in [-0.39, 0.29) is 16.9 Å². The summed E-state index contributed by atoms with van der Waals surface area (Å²) < 4.78 is 24.8. The molecule has 2 fully saturated rings. The summed E-state index contributed by atoms with van der Waals surface area (Å²) in [7, 11) is -1.84. The van der Waals surface area contributed by atoms with E-state index < -0.39 is 26.3 Å². The minimum atomic E-state index is -1.84. The predicted molar refractivity (Wildman–Crippen MR) is 115 cm³/mol. The normalized spacial score (nSPS) is 31.2. The van der Waals surface area contributed by atoms with Crippen LogP contribution >= 0.6 is 0 Å². The number of Topliss-reactive ketones (excluding diaryl/α,β-unsaturated/α-hetero) is 1. The average molecular weight is 421 g/mol. The Balaban J connectivity index is 1.62. The fourth-order valence-corrected chi connectivity index (χ4v) is 4.68. The maximum atomic E-state index is 12.7. The first-order valence-electron chi connectivity index (χ1n) is 10.7. The Kier molecular flexibility index (Phi) is 6.71. The van der Waals surface area contributed by atoms with Crippen molar-refractivity contribution in [3.63, 3.8) is 0 Å². The van der Waals surface area contributed by atoms with Crippen LogP contribution in [0.3, 0.4) is 0 Å². The van der Waals surface area contributed by atoms with E-state index in [0.717, 1.165) is 5.56 Å². The molecule has 0 spiro atoms. The fourth-order valence-electron chi connectivity index (χ4n) is 3.62. The number of hydrogen-bond acceptors (Lipinski definition) is 5. The maximum absolute atomic E-state index is 12.7. The molecule has 0 radical (unpaired) electrons. The summed E-state index contributed by atoms with van der Waals surface area (Å²) in [5.74, 6) is 0.138. The molecule has 0 N–H and O–H groups in total. The van der Waals surface area contributed by atoms with E-state index in [1.165, 1.54) is 0 Å². The van der Waals surface area contributed by atoms with Gasteiger partial charge in [0, 0.05) is 25.0 Å². The van der Waals surface area contributed by atoms with Gasteiger partial charge in [0.15, 0.2) is 20.4 Å².